The van der Waals surface area contributed by atoms with Crippen molar-refractivity contribution in [2.24, 2.45) is 21.5 Å². The number of aliphatic imine (C=N–C) groups is 2. The standard InChI is InChI=1S/C17H20N8OS2/c1-25(16(20)21-11-18)7-8-27-9-13-10-28-17(22-13)24-15(19)23-14(26)12-5-3-2-4-6-12/h2-6,10H,7-9H2,1H3,(H2,20,21)(H3,19,22,23,24,26). The number of nitriles is 1. The van der Waals surface area contributed by atoms with Crippen molar-refractivity contribution in [3.8, 4) is 6.19 Å². The Bertz CT molecular complexity index is 888. The van der Waals surface area contributed by atoms with Crippen molar-refractivity contribution < 1.29 is 4.79 Å². The molecule has 0 saturated heterocycles. The highest BCUT2D eigenvalue weighted by Gasteiger charge is 2.07. The van der Waals surface area contributed by atoms with Gasteiger partial charge in [-0.3, -0.25) is 4.79 Å². The molecule has 5 N–H and O–H groups in total. The first kappa shape index (κ1) is 21.2. The zero-order chi connectivity index (χ0) is 20.4. The predicted molar refractivity (Wildman–Crippen MR) is 114 cm³/mol. The summed E-state index contributed by atoms with van der Waals surface area (Å²) in [4.78, 5) is 25.5. The van der Waals surface area contributed by atoms with Crippen molar-refractivity contribution in [1.29, 1.82) is 5.26 Å². The van der Waals surface area contributed by atoms with E-state index in [1.807, 2.05) is 11.4 Å². The van der Waals surface area contributed by atoms with E-state index in [1.54, 1.807) is 54.2 Å². The van der Waals surface area contributed by atoms with Crippen LogP contribution in [0.4, 0.5) is 5.13 Å². The van der Waals surface area contributed by atoms with Gasteiger partial charge < -0.3 is 21.7 Å². The third kappa shape index (κ3) is 6.90. The van der Waals surface area contributed by atoms with Crippen LogP contribution in [-0.4, -0.2) is 47.1 Å². The number of amides is 1. The van der Waals surface area contributed by atoms with Crippen LogP contribution in [-0.2, 0) is 5.75 Å². The summed E-state index contributed by atoms with van der Waals surface area (Å²) in [7, 11) is 1.78. The minimum atomic E-state index is -0.415. The molecule has 9 nitrogen and oxygen atoms in total. The number of carbonyl (C=O) groups is 1. The lowest BCUT2D eigenvalue weighted by Gasteiger charge is -2.15. The maximum absolute atomic E-state index is 12.0. The lowest BCUT2D eigenvalue weighted by molar-refractivity contribution is 0.100. The fourth-order valence-electron chi connectivity index (χ4n) is 1.95. The van der Waals surface area contributed by atoms with E-state index in [2.05, 4.69) is 20.3 Å². The average molecular weight is 417 g/mol. The smallest absolute Gasteiger partial charge is 0.280 e. The fraction of sp³-hybridized carbons (Fsp3) is 0.235. The van der Waals surface area contributed by atoms with Gasteiger partial charge in [-0.25, -0.2) is 4.98 Å². The summed E-state index contributed by atoms with van der Waals surface area (Å²) in [6.45, 7) is 0.665. The van der Waals surface area contributed by atoms with Crippen LogP contribution < -0.4 is 16.8 Å². The summed E-state index contributed by atoms with van der Waals surface area (Å²) in [5, 5.41) is 13.8. The number of benzene rings is 1. The summed E-state index contributed by atoms with van der Waals surface area (Å²) in [6.07, 6.45) is 1.66. The number of nitrogens with two attached hydrogens (primary N) is 2. The van der Waals surface area contributed by atoms with Crippen molar-refractivity contribution in [2.45, 2.75) is 5.75 Å². The second-order valence-corrected chi connectivity index (χ2v) is 7.44. The highest BCUT2D eigenvalue weighted by molar-refractivity contribution is 7.98. The molecule has 0 aliphatic carbocycles. The zero-order valence-corrected chi connectivity index (χ0v) is 16.8. The molecule has 0 aliphatic heterocycles. The minimum absolute atomic E-state index is 0.00344. The van der Waals surface area contributed by atoms with Crippen LogP contribution >= 0.6 is 23.1 Å². The van der Waals surface area contributed by atoms with Crippen molar-refractivity contribution in [3.05, 3.63) is 47.0 Å². The summed E-state index contributed by atoms with van der Waals surface area (Å²) < 4.78 is 0. The number of hydrogen-bond donors (Lipinski definition) is 3. The molecule has 1 aromatic heterocycles. The highest BCUT2D eigenvalue weighted by Crippen LogP contribution is 2.19. The lowest BCUT2D eigenvalue weighted by Crippen LogP contribution is -2.35. The van der Waals surface area contributed by atoms with E-state index >= 15 is 0 Å². The zero-order valence-electron chi connectivity index (χ0n) is 15.2. The van der Waals surface area contributed by atoms with Gasteiger partial charge in [0.15, 0.2) is 5.13 Å². The van der Waals surface area contributed by atoms with Crippen LogP contribution in [0.25, 0.3) is 0 Å². The molecule has 2 rings (SSSR count). The molecule has 11 heteroatoms. The number of rotatable bonds is 7. The number of nitrogens with zero attached hydrogens (tertiary/aromatic N) is 5. The Balaban J connectivity index is 1.79. The van der Waals surface area contributed by atoms with Crippen molar-refractivity contribution in [2.75, 3.05) is 24.7 Å². The first-order valence-electron chi connectivity index (χ1n) is 8.15. The minimum Gasteiger partial charge on any atom is -0.369 e. The molecule has 0 radical (unpaired) electrons. The number of carbonyl (C=O) groups excluding carboxylic acids is 1. The predicted octanol–water partition coefficient (Wildman–Crippen LogP) is 1.67. The third-order valence-corrected chi connectivity index (χ3v) is 5.18. The van der Waals surface area contributed by atoms with Crippen molar-refractivity contribution in [3.63, 3.8) is 0 Å². The molecule has 1 heterocycles. The maximum Gasteiger partial charge on any atom is 0.280 e. The molecule has 0 fully saturated rings. The van der Waals surface area contributed by atoms with Gasteiger partial charge in [0.05, 0.1) is 5.69 Å². The molecular formula is C17H20N8OS2. The first-order chi connectivity index (χ1) is 13.5. The Labute approximate surface area is 171 Å². The first-order valence-corrected chi connectivity index (χ1v) is 10.2. The Morgan fingerprint density at radius 3 is 2.86 bits per heavy atom. The fourth-order valence-corrected chi connectivity index (χ4v) is 3.68. The molecular weight excluding hydrogens is 396 g/mol. The topological polar surface area (TPSA) is 146 Å². The number of hydrogen-bond acceptors (Lipinski definition) is 6. The van der Waals surface area contributed by atoms with Crippen LogP contribution in [0.1, 0.15) is 16.1 Å². The quantitative estimate of drug-likeness (QED) is 0.267. The number of guanidine groups is 2. The van der Waals surface area contributed by atoms with Crippen LogP contribution in [0.2, 0.25) is 0 Å². The largest absolute Gasteiger partial charge is 0.369 e. The Morgan fingerprint density at radius 1 is 1.39 bits per heavy atom. The van der Waals surface area contributed by atoms with Gasteiger partial charge in [-0.05, 0) is 12.1 Å². The number of thioether (sulfide) groups is 1. The van der Waals surface area contributed by atoms with E-state index in [4.69, 9.17) is 16.7 Å². The second kappa shape index (κ2) is 10.9. The molecule has 146 valence electrons. The Morgan fingerprint density at radius 2 is 2.14 bits per heavy atom. The second-order valence-electron chi connectivity index (χ2n) is 5.48. The normalized spacial score (nSPS) is 11.7. The molecule has 0 saturated carbocycles. The van der Waals surface area contributed by atoms with Gasteiger partial charge >= 0.3 is 0 Å². The third-order valence-electron chi connectivity index (χ3n) is 3.41. The van der Waals surface area contributed by atoms with Gasteiger partial charge in [0.2, 0.25) is 18.1 Å². The SMILES string of the molecule is CN(CCSCc1csc(NC(N)=NC(=O)c2ccccc2)n1)C(N)=NC#N. The monoisotopic (exact) mass is 416 g/mol. The van der Waals surface area contributed by atoms with Gasteiger partial charge in [0.1, 0.15) is 0 Å². The van der Waals surface area contributed by atoms with Gasteiger partial charge in [-0.2, -0.15) is 22.0 Å². The van der Waals surface area contributed by atoms with E-state index in [1.165, 1.54) is 11.3 Å². The number of aromatic nitrogens is 1. The van der Waals surface area contributed by atoms with Gasteiger partial charge in [-0.1, -0.05) is 18.2 Å². The summed E-state index contributed by atoms with van der Waals surface area (Å²) >= 11 is 3.06. The molecule has 0 atom stereocenters. The molecule has 0 aliphatic rings. The summed E-state index contributed by atoms with van der Waals surface area (Å²) in [5.74, 6) is 1.29. The van der Waals surface area contributed by atoms with Gasteiger partial charge in [-0.15, -0.1) is 16.3 Å². The molecule has 0 spiro atoms. The van der Waals surface area contributed by atoms with E-state index in [0.717, 1.165) is 11.4 Å². The number of anilines is 1. The van der Waals surface area contributed by atoms with Crippen LogP contribution in [0.5, 0.6) is 0 Å². The lowest BCUT2D eigenvalue weighted by atomic mass is 10.2. The van der Waals surface area contributed by atoms with Crippen molar-refractivity contribution in [1.82, 2.24) is 9.88 Å². The Kier molecular flexibility index (Phi) is 8.26. The Hall–Kier alpha value is -3.10. The number of thiazole rings is 1. The molecule has 2 aromatic rings. The number of nitrogens with one attached hydrogen (secondary N) is 1. The van der Waals surface area contributed by atoms with E-state index in [-0.39, 0.29) is 11.9 Å². The molecule has 0 unspecified atom stereocenters. The summed E-state index contributed by atoms with van der Waals surface area (Å²) in [6, 6.07) is 8.70. The molecule has 0 bridgehead atoms. The molecule has 1 amide bonds. The van der Waals surface area contributed by atoms with E-state index in [0.29, 0.717) is 23.0 Å². The van der Waals surface area contributed by atoms with Crippen LogP contribution in [0.3, 0.4) is 0 Å². The molecule has 28 heavy (non-hydrogen) atoms. The highest BCUT2D eigenvalue weighted by atomic mass is 32.2. The average Bonchev–Trinajstić information content (AvgIpc) is 3.12. The van der Waals surface area contributed by atoms with Gasteiger partial charge in [0, 0.05) is 36.0 Å². The summed E-state index contributed by atoms with van der Waals surface area (Å²) in [5.41, 5.74) is 12.8. The van der Waals surface area contributed by atoms with Crippen LogP contribution in [0.15, 0.2) is 45.7 Å². The van der Waals surface area contributed by atoms with Gasteiger partial charge in [0.25, 0.3) is 5.91 Å². The van der Waals surface area contributed by atoms with E-state index in [9.17, 15) is 4.79 Å². The molecule has 1 aromatic carbocycles. The van der Waals surface area contributed by atoms with Crippen LogP contribution in [0, 0.1) is 11.5 Å². The van der Waals surface area contributed by atoms with Crippen molar-refractivity contribution >= 4 is 46.1 Å². The van der Waals surface area contributed by atoms with E-state index < -0.39 is 5.91 Å². The maximum atomic E-state index is 12.0.